The molecule has 1 unspecified atom stereocenters. The monoisotopic (exact) mass is 263 g/mol. The third-order valence-electron chi connectivity index (χ3n) is 3.95. The van der Waals surface area contributed by atoms with Crippen LogP contribution in [0.5, 0.6) is 0 Å². The summed E-state index contributed by atoms with van der Waals surface area (Å²) in [6.45, 7) is 1.16. The molecule has 1 atom stereocenters. The first kappa shape index (κ1) is 13.0. The van der Waals surface area contributed by atoms with Gasteiger partial charge in [-0.05, 0) is 37.0 Å². The van der Waals surface area contributed by atoms with Crippen molar-refractivity contribution < 1.29 is 0 Å². The van der Waals surface area contributed by atoms with Crippen LogP contribution in [0.4, 0.5) is 5.69 Å². The molecule has 102 valence electrons. The molecule has 1 heteroatoms. The van der Waals surface area contributed by atoms with Gasteiger partial charge in [0.15, 0.2) is 0 Å². The average molecular weight is 263 g/mol. The van der Waals surface area contributed by atoms with Crippen molar-refractivity contribution in [1.29, 1.82) is 0 Å². The predicted molar refractivity (Wildman–Crippen MR) is 86.9 cm³/mol. The highest BCUT2D eigenvalue weighted by atomic mass is 15.2. The molecule has 20 heavy (non-hydrogen) atoms. The molecule has 3 rings (SSSR count). The number of anilines is 1. The predicted octanol–water partition coefficient (Wildman–Crippen LogP) is 4.76. The van der Waals surface area contributed by atoms with E-state index in [0.717, 1.165) is 6.54 Å². The maximum Gasteiger partial charge on any atom is 0.0476 e. The van der Waals surface area contributed by atoms with E-state index in [0.29, 0.717) is 6.04 Å². The van der Waals surface area contributed by atoms with Gasteiger partial charge in [-0.2, -0.15) is 0 Å². The number of benzene rings is 2. The summed E-state index contributed by atoms with van der Waals surface area (Å²) in [5, 5.41) is 0. The van der Waals surface area contributed by atoms with E-state index >= 15 is 0 Å². The molecule has 1 aliphatic rings. The van der Waals surface area contributed by atoms with Crippen LogP contribution in [0.1, 0.15) is 24.8 Å². The standard InChI is InChI=1S/C19H21N/c1-3-9-17(10-4-1)14-15-19-13-7-8-16-20(19)18-11-5-2-6-12-18/h1-6,9-12,14-15,19H,7-8,13,16H2/b15-14-. The normalized spacial score (nSPS) is 19.4. The van der Waals surface area contributed by atoms with Crippen LogP contribution >= 0.6 is 0 Å². The van der Waals surface area contributed by atoms with Crippen molar-refractivity contribution in [2.45, 2.75) is 25.3 Å². The molecule has 1 saturated heterocycles. The third-order valence-corrected chi connectivity index (χ3v) is 3.95. The van der Waals surface area contributed by atoms with Crippen LogP contribution in [0, 0.1) is 0 Å². The Bertz CT molecular complexity index is 544. The maximum absolute atomic E-state index is 2.53. The van der Waals surface area contributed by atoms with Gasteiger partial charge in [-0.3, -0.25) is 0 Å². The van der Waals surface area contributed by atoms with Crippen LogP contribution in [-0.2, 0) is 0 Å². The number of hydrogen-bond acceptors (Lipinski definition) is 1. The SMILES string of the molecule is C(=C/C1CCCCN1c1ccccc1)/c1ccccc1. The molecule has 1 heterocycles. The van der Waals surface area contributed by atoms with E-state index in [-0.39, 0.29) is 0 Å². The quantitative estimate of drug-likeness (QED) is 0.771. The molecule has 0 aliphatic carbocycles. The second-order valence-corrected chi connectivity index (χ2v) is 5.36. The molecule has 0 N–H and O–H groups in total. The first-order valence-electron chi connectivity index (χ1n) is 7.48. The Hall–Kier alpha value is -2.02. The van der Waals surface area contributed by atoms with Crippen molar-refractivity contribution in [3.63, 3.8) is 0 Å². The molecule has 0 radical (unpaired) electrons. The largest absolute Gasteiger partial charge is 0.365 e. The molecular weight excluding hydrogens is 242 g/mol. The summed E-state index contributed by atoms with van der Waals surface area (Å²) >= 11 is 0. The lowest BCUT2D eigenvalue weighted by molar-refractivity contribution is 0.515. The van der Waals surface area contributed by atoms with Gasteiger partial charge in [-0.15, -0.1) is 0 Å². The van der Waals surface area contributed by atoms with E-state index < -0.39 is 0 Å². The van der Waals surface area contributed by atoms with Gasteiger partial charge in [0.1, 0.15) is 0 Å². The summed E-state index contributed by atoms with van der Waals surface area (Å²) in [5.41, 5.74) is 2.63. The average Bonchev–Trinajstić information content (AvgIpc) is 2.55. The Morgan fingerprint density at radius 2 is 1.55 bits per heavy atom. The van der Waals surface area contributed by atoms with Gasteiger partial charge >= 0.3 is 0 Å². The molecule has 0 bridgehead atoms. The first-order chi connectivity index (χ1) is 9.93. The van der Waals surface area contributed by atoms with Gasteiger partial charge in [0.05, 0.1) is 0 Å². The number of para-hydroxylation sites is 1. The lowest BCUT2D eigenvalue weighted by atomic mass is 10.00. The van der Waals surface area contributed by atoms with Gasteiger partial charge in [0.2, 0.25) is 0 Å². The van der Waals surface area contributed by atoms with Crippen LogP contribution in [0.15, 0.2) is 66.7 Å². The minimum atomic E-state index is 0.520. The molecule has 1 fully saturated rings. The minimum absolute atomic E-state index is 0.520. The molecule has 0 spiro atoms. The zero-order valence-electron chi connectivity index (χ0n) is 11.8. The Morgan fingerprint density at radius 3 is 2.30 bits per heavy atom. The van der Waals surface area contributed by atoms with E-state index in [1.165, 1.54) is 30.5 Å². The smallest absolute Gasteiger partial charge is 0.0476 e. The zero-order valence-corrected chi connectivity index (χ0v) is 11.8. The van der Waals surface area contributed by atoms with Gasteiger partial charge in [0.25, 0.3) is 0 Å². The fourth-order valence-electron chi connectivity index (χ4n) is 2.88. The van der Waals surface area contributed by atoms with Crippen LogP contribution in [0.3, 0.4) is 0 Å². The Balaban J connectivity index is 1.78. The van der Waals surface area contributed by atoms with Crippen LogP contribution in [0.2, 0.25) is 0 Å². The lowest BCUT2D eigenvalue weighted by Gasteiger charge is -2.36. The first-order valence-corrected chi connectivity index (χ1v) is 7.48. The van der Waals surface area contributed by atoms with Crippen LogP contribution in [-0.4, -0.2) is 12.6 Å². The Kier molecular flexibility index (Phi) is 4.17. The number of nitrogens with zero attached hydrogens (tertiary/aromatic N) is 1. The van der Waals surface area contributed by atoms with E-state index in [1.54, 1.807) is 0 Å². The fraction of sp³-hybridized carbons (Fsp3) is 0.263. The molecule has 0 amide bonds. The summed E-state index contributed by atoms with van der Waals surface area (Å²) in [6, 6.07) is 21.9. The summed E-state index contributed by atoms with van der Waals surface area (Å²) in [5.74, 6) is 0. The highest BCUT2D eigenvalue weighted by Crippen LogP contribution is 2.25. The highest BCUT2D eigenvalue weighted by molar-refractivity contribution is 5.54. The maximum atomic E-state index is 2.53. The Labute approximate surface area is 121 Å². The molecular formula is C19H21N. The summed E-state index contributed by atoms with van der Waals surface area (Å²) < 4.78 is 0. The van der Waals surface area contributed by atoms with E-state index in [1.807, 2.05) is 0 Å². The summed E-state index contributed by atoms with van der Waals surface area (Å²) in [6.07, 6.45) is 8.49. The highest BCUT2D eigenvalue weighted by Gasteiger charge is 2.19. The molecule has 0 saturated carbocycles. The van der Waals surface area contributed by atoms with E-state index in [2.05, 4.69) is 77.7 Å². The topological polar surface area (TPSA) is 3.24 Å². The van der Waals surface area contributed by atoms with Gasteiger partial charge < -0.3 is 4.90 Å². The molecule has 0 aromatic heterocycles. The molecule has 1 aliphatic heterocycles. The van der Waals surface area contributed by atoms with Crippen molar-refractivity contribution in [3.05, 3.63) is 72.3 Å². The number of piperidine rings is 1. The van der Waals surface area contributed by atoms with E-state index in [4.69, 9.17) is 0 Å². The minimum Gasteiger partial charge on any atom is -0.365 e. The van der Waals surface area contributed by atoms with Gasteiger partial charge in [-0.25, -0.2) is 0 Å². The molecule has 2 aromatic rings. The lowest BCUT2D eigenvalue weighted by Crippen LogP contribution is -2.38. The second kappa shape index (κ2) is 6.42. The van der Waals surface area contributed by atoms with Crippen molar-refractivity contribution in [2.24, 2.45) is 0 Å². The van der Waals surface area contributed by atoms with Gasteiger partial charge in [-0.1, -0.05) is 60.7 Å². The molecule has 2 aromatic carbocycles. The van der Waals surface area contributed by atoms with Crippen LogP contribution in [0.25, 0.3) is 6.08 Å². The molecule has 1 nitrogen and oxygen atoms in total. The third kappa shape index (κ3) is 3.11. The fourth-order valence-corrected chi connectivity index (χ4v) is 2.88. The zero-order chi connectivity index (χ0) is 13.6. The number of rotatable bonds is 3. The summed E-state index contributed by atoms with van der Waals surface area (Å²) in [7, 11) is 0. The van der Waals surface area contributed by atoms with Crippen molar-refractivity contribution in [2.75, 3.05) is 11.4 Å². The van der Waals surface area contributed by atoms with Crippen LogP contribution < -0.4 is 4.90 Å². The number of hydrogen-bond donors (Lipinski definition) is 0. The van der Waals surface area contributed by atoms with Gasteiger partial charge in [0, 0.05) is 18.3 Å². The van der Waals surface area contributed by atoms with Crippen molar-refractivity contribution >= 4 is 11.8 Å². The van der Waals surface area contributed by atoms with Crippen molar-refractivity contribution in [1.82, 2.24) is 0 Å². The summed E-state index contributed by atoms with van der Waals surface area (Å²) in [4.78, 5) is 2.53. The Morgan fingerprint density at radius 1 is 0.850 bits per heavy atom. The second-order valence-electron chi connectivity index (χ2n) is 5.36. The van der Waals surface area contributed by atoms with E-state index in [9.17, 15) is 0 Å². The van der Waals surface area contributed by atoms with Crippen molar-refractivity contribution in [3.8, 4) is 0 Å².